The van der Waals surface area contributed by atoms with E-state index in [-0.39, 0.29) is 16.7 Å². The Morgan fingerprint density at radius 1 is 1.24 bits per heavy atom. The largest absolute Gasteiger partial charge is 0.305 e. The molecule has 0 bridgehead atoms. The first-order valence-corrected chi connectivity index (χ1v) is 8.01. The van der Waals surface area contributed by atoms with Gasteiger partial charge in [-0.2, -0.15) is 0 Å². The molecule has 1 unspecified atom stereocenters. The number of nitrogens with zero attached hydrogens (tertiary/aromatic N) is 1. The summed E-state index contributed by atoms with van der Waals surface area (Å²) in [7, 11) is 0. The third-order valence-corrected chi connectivity index (χ3v) is 4.71. The molecule has 0 radical (unpaired) electrons. The molecule has 1 N–H and O–H groups in total. The van der Waals surface area contributed by atoms with Crippen LogP contribution in [0.3, 0.4) is 0 Å². The molecule has 0 saturated heterocycles. The molecule has 2 rings (SSSR count). The second-order valence-electron chi connectivity index (χ2n) is 4.92. The summed E-state index contributed by atoms with van der Waals surface area (Å²) in [6.07, 6.45) is 1.96. The molecule has 112 valence electrons. The van der Waals surface area contributed by atoms with E-state index in [0.29, 0.717) is 0 Å². The molecule has 0 amide bonds. The quantitative estimate of drug-likeness (QED) is 0.607. The second kappa shape index (κ2) is 7.33. The van der Waals surface area contributed by atoms with Crippen molar-refractivity contribution in [3.8, 4) is 0 Å². The maximum Gasteiger partial charge on any atom is 0.269 e. The molecular weight excluding hydrogens is 284 g/mol. The van der Waals surface area contributed by atoms with E-state index in [0.717, 1.165) is 24.9 Å². The van der Waals surface area contributed by atoms with Gasteiger partial charge in [0.1, 0.15) is 0 Å². The zero-order chi connectivity index (χ0) is 15.2. The Kier molecular flexibility index (Phi) is 5.47. The molecule has 0 aliphatic heterocycles. The Morgan fingerprint density at radius 3 is 2.62 bits per heavy atom. The van der Waals surface area contributed by atoms with Gasteiger partial charge in [-0.15, -0.1) is 11.3 Å². The topological polar surface area (TPSA) is 55.2 Å². The fraction of sp³-hybridized carbons (Fsp3) is 0.375. The SMILES string of the molecule is CCc1ccc(CNC(CC)c2cccc([N+](=O)[O-])c2)s1. The van der Waals surface area contributed by atoms with Crippen LogP contribution in [0.4, 0.5) is 5.69 Å². The fourth-order valence-corrected chi connectivity index (χ4v) is 3.19. The van der Waals surface area contributed by atoms with Crippen molar-refractivity contribution in [2.24, 2.45) is 0 Å². The molecule has 2 aromatic rings. The maximum absolute atomic E-state index is 10.9. The third kappa shape index (κ3) is 4.12. The van der Waals surface area contributed by atoms with Crippen LogP contribution >= 0.6 is 11.3 Å². The highest BCUT2D eigenvalue weighted by molar-refractivity contribution is 7.11. The van der Waals surface area contributed by atoms with Crippen LogP contribution in [0.25, 0.3) is 0 Å². The van der Waals surface area contributed by atoms with E-state index in [1.807, 2.05) is 17.4 Å². The van der Waals surface area contributed by atoms with Crippen LogP contribution in [0.15, 0.2) is 36.4 Å². The Bertz CT molecular complexity index is 610. The highest BCUT2D eigenvalue weighted by Gasteiger charge is 2.13. The van der Waals surface area contributed by atoms with Crippen molar-refractivity contribution in [2.75, 3.05) is 0 Å². The number of hydrogen-bond acceptors (Lipinski definition) is 4. The molecule has 5 heteroatoms. The summed E-state index contributed by atoms with van der Waals surface area (Å²) >= 11 is 1.82. The molecule has 1 heterocycles. The molecule has 0 spiro atoms. The van der Waals surface area contributed by atoms with Gasteiger partial charge in [0.2, 0.25) is 0 Å². The van der Waals surface area contributed by atoms with Crippen molar-refractivity contribution in [1.29, 1.82) is 0 Å². The predicted octanol–water partition coefficient (Wildman–Crippen LogP) is 4.46. The number of nitro groups is 1. The lowest BCUT2D eigenvalue weighted by atomic mass is 10.0. The molecule has 1 atom stereocenters. The van der Waals surface area contributed by atoms with E-state index < -0.39 is 0 Å². The minimum atomic E-state index is -0.344. The number of aryl methyl sites for hydroxylation is 1. The van der Waals surface area contributed by atoms with E-state index in [1.54, 1.807) is 12.1 Å². The van der Waals surface area contributed by atoms with E-state index >= 15 is 0 Å². The van der Waals surface area contributed by atoms with E-state index in [9.17, 15) is 10.1 Å². The Morgan fingerprint density at radius 2 is 2.00 bits per heavy atom. The van der Waals surface area contributed by atoms with Gasteiger partial charge in [0, 0.05) is 34.5 Å². The number of nitro benzene ring substituents is 1. The first kappa shape index (κ1) is 15.7. The van der Waals surface area contributed by atoms with Crippen molar-refractivity contribution >= 4 is 17.0 Å². The summed E-state index contributed by atoms with van der Waals surface area (Å²) < 4.78 is 0. The van der Waals surface area contributed by atoms with Crippen molar-refractivity contribution in [3.05, 3.63) is 61.8 Å². The molecule has 0 fully saturated rings. The van der Waals surface area contributed by atoms with Gasteiger partial charge in [0.05, 0.1) is 4.92 Å². The molecule has 0 aliphatic carbocycles. The zero-order valence-electron chi connectivity index (χ0n) is 12.3. The Labute approximate surface area is 129 Å². The Balaban J connectivity index is 2.05. The number of benzene rings is 1. The van der Waals surface area contributed by atoms with Crippen LogP contribution in [0.5, 0.6) is 0 Å². The number of non-ortho nitro benzene ring substituents is 1. The van der Waals surface area contributed by atoms with Gasteiger partial charge in [-0.3, -0.25) is 10.1 Å². The van der Waals surface area contributed by atoms with Gasteiger partial charge >= 0.3 is 0 Å². The summed E-state index contributed by atoms with van der Waals surface area (Å²) in [6.45, 7) is 5.04. The molecular formula is C16H20N2O2S. The van der Waals surface area contributed by atoms with Gasteiger partial charge in [-0.25, -0.2) is 0 Å². The first-order chi connectivity index (χ1) is 10.1. The predicted molar refractivity (Wildman–Crippen MR) is 86.7 cm³/mol. The smallest absolute Gasteiger partial charge is 0.269 e. The standard InChI is InChI=1S/C16H20N2O2S/c1-3-14-8-9-15(21-14)11-17-16(4-2)12-6-5-7-13(10-12)18(19)20/h5-10,16-17H,3-4,11H2,1-2H3. The summed E-state index contributed by atoms with van der Waals surface area (Å²) in [5, 5.41) is 14.4. The van der Waals surface area contributed by atoms with Gasteiger partial charge in [0.25, 0.3) is 5.69 Å². The first-order valence-electron chi connectivity index (χ1n) is 7.19. The molecule has 21 heavy (non-hydrogen) atoms. The number of hydrogen-bond donors (Lipinski definition) is 1. The normalized spacial score (nSPS) is 12.3. The monoisotopic (exact) mass is 304 g/mol. The average molecular weight is 304 g/mol. The van der Waals surface area contributed by atoms with Crippen LogP contribution < -0.4 is 5.32 Å². The van der Waals surface area contributed by atoms with E-state index in [1.165, 1.54) is 15.8 Å². The third-order valence-electron chi connectivity index (χ3n) is 3.48. The lowest BCUT2D eigenvalue weighted by molar-refractivity contribution is -0.384. The summed E-state index contributed by atoms with van der Waals surface area (Å²) in [4.78, 5) is 13.2. The number of thiophene rings is 1. The summed E-state index contributed by atoms with van der Waals surface area (Å²) in [6, 6.07) is 11.3. The minimum Gasteiger partial charge on any atom is -0.305 e. The molecule has 0 aliphatic rings. The van der Waals surface area contributed by atoms with Gasteiger partial charge in [-0.1, -0.05) is 26.0 Å². The summed E-state index contributed by atoms with van der Waals surface area (Å²) in [5.41, 5.74) is 1.12. The second-order valence-corrected chi connectivity index (χ2v) is 6.17. The number of rotatable bonds is 7. The van der Waals surface area contributed by atoms with E-state index in [2.05, 4.69) is 31.3 Å². The van der Waals surface area contributed by atoms with Crippen LogP contribution in [0, 0.1) is 10.1 Å². The lowest BCUT2D eigenvalue weighted by Gasteiger charge is -2.16. The maximum atomic E-state index is 10.9. The number of nitrogens with one attached hydrogen (secondary N) is 1. The average Bonchev–Trinajstić information content (AvgIpc) is 2.96. The molecule has 0 saturated carbocycles. The van der Waals surface area contributed by atoms with Crippen molar-refractivity contribution < 1.29 is 4.92 Å². The van der Waals surface area contributed by atoms with Crippen LogP contribution in [0.1, 0.15) is 41.6 Å². The van der Waals surface area contributed by atoms with E-state index in [4.69, 9.17) is 0 Å². The molecule has 4 nitrogen and oxygen atoms in total. The van der Waals surface area contributed by atoms with Gasteiger partial charge in [-0.05, 0) is 30.5 Å². The molecule has 1 aromatic heterocycles. The lowest BCUT2D eigenvalue weighted by Crippen LogP contribution is -2.19. The van der Waals surface area contributed by atoms with Crippen LogP contribution in [-0.4, -0.2) is 4.92 Å². The van der Waals surface area contributed by atoms with Crippen LogP contribution in [-0.2, 0) is 13.0 Å². The zero-order valence-corrected chi connectivity index (χ0v) is 13.2. The van der Waals surface area contributed by atoms with Crippen molar-refractivity contribution in [1.82, 2.24) is 5.32 Å². The van der Waals surface area contributed by atoms with Gasteiger partial charge in [0.15, 0.2) is 0 Å². The van der Waals surface area contributed by atoms with Gasteiger partial charge < -0.3 is 5.32 Å². The molecule has 1 aromatic carbocycles. The Hall–Kier alpha value is -1.72. The van der Waals surface area contributed by atoms with Crippen molar-refractivity contribution in [2.45, 2.75) is 39.3 Å². The van der Waals surface area contributed by atoms with Crippen LogP contribution in [0.2, 0.25) is 0 Å². The summed E-state index contributed by atoms with van der Waals surface area (Å²) in [5.74, 6) is 0. The van der Waals surface area contributed by atoms with Crippen molar-refractivity contribution in [3.63, 3.8) is 0 Å². The fourth-order valence-electron chi connectivity index (χ4n) is 2.28. The minimum absolute atomic E-state index is 0.136. The highest BCUT2D eigenvalue weighted by Crippen LogP contribution is 2.23. The highest BCUT2D eigenvalue weighted by atomic mass is 32.1.